The van der Waals surface area contributed by atoms with E-state index < -0.39 is 0 Å². The van der Waals surface area contributed by atoms with Crippen LogP contribution >= 0.6 is 0 Å². The predicted molar refractivity (Wildman–Crippen MR) is 166 cm³/mol. The van der Waals surface area contributed by atoms with E-state index in [9.17, 15) is 4.79 Å². The lowest BCUT2D eigenvalue weighted by Gasteiger charge is -2.35. The number of nitrogens with two attached hydrogens (primary N) is 1. The van der Waals surface area contributed by atoms with Crippen LogP contribution < -0.4 is 11.1 Å². The topological polar surface area (TPSA) is 147 Å². The number of rotatable bonds is 6. The van der Waals surface area contributed by atoms with E-state index in [1.54, 1.807) is 24.1 Å². The van der Waals surface area contributed by atoms with Crippen LogP contribution in [0.5, 0.6) is 0 Å². The zero-order valence-electron chi connectivity index (χ0n) is 24.5. The normalized spacial score (nSPS) is 16.6. The van der Waals surface area contributed by atoms with E-state index in [-0.39, 0.29) is 18.6 Å². The second kappa shape index (κ2) is 11.4. The standard InChI is InChI=1S/C32H33N11O/c1-40(19-13-33)32(44)41-17-11-22(12-18-41)37-26-8-5-21-20-23(6-7-24(21)26)43-30(25-4-2-14-35-29(25)34)38-27-9-10-28(39-31(27)43)42-16-3-15-36-42/h2-4,6-7,9-10,14-16,20,22,26,37H,5,8,11-12,17-19H2,1H3,(H2,34,35). The summed E-state index contributed by atoms with van der Waals surface area (Å²) >= 11 is 0. The average Bonchev–Trinajstić information content (AvgIpc) is 3.80. The van der Waals surface area contributed by atoms with E-state index >= 15 is 0 Å². The van der Waals surface area contributed by atoms with E-state index in [2.05, 4.69) is 38.2 Å². The Labute approximate surface area is 254 Å². The first-order valence-corrected chi connectivity index (χ1v) is 14.9. The van der Waals surface area contributed by atoms with Gasteiger partial charge in [0.1, 0.15) is 17.9 Å². The number of pyridine rings is 2. The molecule has 5 aromatic rings. The number of benzene rings is 1. The Morgan fingerprint density at radius 3 is 2.75 bits per heavy atom. The molecule has 12 heteroatoms. The number of nitrogens with one attached hydrogen (secondary N) is 1. The second-order valence-electron chi connectivity index (χ2n) is 11.4. The van der Waals surface area contributed by atoms with Gasteiger partial charge in [-0.15, -0.1) is 0 Å². The zero-order chi connectivity index (χ0) is 30.2. The van der Waals surface area contributed by atoms with Gasteiger partial charge in [-0.2, -0.15) is 10.4 Å². The van der Waals surface area contributed by atoms with Crippen LogP contribution in [0.2, 0.25) is 0 Å². The summed E-state index contributed by atoms with van der Waals surface area (Å²) in [7, 11) is 1.68. The summed E-state index contributed by atoms with van der Waals surface area (Å²) in [5.74, 6) is 1.79. The third kappa shape index (κ3) is 5.01. The summed E-state index contributed by atoms with van der Waals surface area (Å²) in [6.07, 6.45) is 9.02. The smallest absolute Gasteiger partial charge is 0.320 e. The zero-order valence-corrected chi connectivity index (χ0v) is 24.5. The number of imidazole rings is 1. The van der Waals surface area contributed by atoms with Gasteiger partial charge in [0.15, 0.2) is 17.3 Å². The van der Waals surface area contributed by atoms with Crippen molar-refractivity contribution in [3.8, 4) is 29.0 Å². The van der Waals surface area contributed by atoms with Gasteiger partial charge >= 0.3 is 6.03 Å². The molecule has 0 spiro atoms. The molecule has 12 nitrogen and oxygen atoms in total. The molecule has 3 N–H and O–H groups in total. The summed E-state index contributed by atoms with van der Waals surface area (Å²) in [6.45, 7) is 1.48. The molecule has 5 heterocycles. The van der Waals surface area contributed by atoms with Crippen molar-refractivity contribution in [2.45, 2.75) is 37.8 Å². The third-order valence-corrected chi connectivity index (χ3v) is 8.61. The number of hydrogen-bond donors (Lipinski definition) is 2. The number of amides is 2. The molecule has 222 valence electrons. The molecule has 1 atom stereocenters. The number of piperidine rings is 1. The Kier molecular flexibility index (Phi) is 7.15. The summed E-state index contributed by atoms with van der Waals surface area (Å²) in [4.78, 5) is 30.2. The number of carbonyl (C=O) groups is 1. The van der Waals surface area contributed by atoms with Gasteiger partial charge < -0.3 is 20.9 Å². The second-order valence-corrected chi connectivity index (χ2v) is 11.4. The Hall–Kier alpha value is -5.28. The molecule has 2 amide bonds. The van der Waals surface area contributed by atoms with Crippen LogP contribution in [0.25, 0.3) is 34.1 Å². The van der Waals surface area contributed by atoms with Gasteiger partial charge in [0, 0.05) is 56.5 Å². The number of nitrogen functional groups attached to an aromatic ring is 1. The monoisotopic (exact) mass is 587 g/mol. The van der Waals surface area contributed by atoms with E-state index in [1.807, 2.05) is 47.5 Å². The molecular formula is C32H33N11O. The number of likely N-dealkylation sites (tertiary alicyclic amines) is 1. The van der Waals surface area contributed by atoms with Gasteiger partial charge in [0.2, 0.25) is 0 Å². The molecule has 2 aliphatic rings. The minimum atomic E-state index is -0.0746. The Bertz CT molecular complexity index is 1870. The van der Waals surface area contributed by atoms with Crippen molar-refractivity contribution >= 4 is 23.0 Å². The summed E-state index contributed by atoms with van der Waals surface area (Å²) < 4.78 is 3.80. The molecule has 1 saturated heterocycles. The van der Waals surface area contributed by atoms with E-state index in [0.29, 0.717) is 42.2 Å². The molecule has 7 rings (SSSR count). The molecule has 1 aromatic carbocycles. The van der Waals surface area contributed by atoms with Crippen molar-refractivity contribution in [1.82, 2.24) is 44.4 Å². The van der Waals surface area contributed by atoms with Gasteiger partial charge in [0.25, 0.3) is 0 Å². The molecule has 1 unspecified atom stereocenters. The average molecular weight is 588 g/mol. The van der Waals surface area contributed by atoms with Crippen LogP contribution in [-0.4, -0.2) is 77.9 Å². The molecule has 4 aromatic heterocycles. The minimum absolute atomic E-state index is 0.0746. The molecule has 1 fully saturated rings. The number of carbonyl (C=O) groups excluding carboxylic acids is 1. The highest BCUT2D eigenvalue weighted by Gasteiger charge is 2.30. The molecule has 0 bridgehead atoms. The Balaban J connectivity index is 1.17. The fraction of sp³-hybridized carbons (Fsp3) is 0.312. The Morgan fingerprint density at radius 2 is 1.98 bits per heavy atom. The third-order valence-electron chi connectivity index (χ3n) is 8.61. The van der Waals surface area contributed by atoms with Crippen molar-refractivity contribution in [1.29, 1.82) is 5.26 Å². The maximum atomic E-state index is 12.6. The summed E-state index contributed by atoms with van der Waals surface area (Å²) in [5, 5.41) is 17.1. The van der Waals surface area contributed by atoms with Crippen molar-refractivity contribution in [3.05, 3.63) is 78.2 Å². The van der Waals surface area contributed by atoms with E-state index in [1.165, 1.54) is 16.0 Å². The number of aryl methyl sites for hydroxylation is 1. The van der Waals surface area contributed by atoms with Crippen molar-refractivity contribution in [2.24, 2.45) is 0 Å². The van der Waals surface area contributed by atoms with Crippen molar-refractivity contribution in [3.63, 3.8) is 0 Å². The number of hydrogen-bond acceptors (Lipinski definition) is 8. The molecule has 1 aliphatic carbocycles. The minimum Gasteiger partial charge on any atom is -0.383 e. The van der Waals surface area contributed by atoms with Crippen molar-refractivity contribution in [2.75, 3.05) is 32.4 Å². The highest BCUT2D eigenvalue weighted by atomic mass is 16.2. The van der Waals surface area contributed by atoms with Gasteiger partial charge in [-0.3, -0.25) is 4.57 Å². The number of nitriles is 1. The fourth-order valence-electron chi connectivity index (χ4n) is 6.36. The number of nitrogens with zero attached hydrogens (tertiary/aromatic N) is 9. The number of aromatic nitrogens is 6. The van der Waals surface area contributed by atoms with E-state index in [4.69, 9.17) is 21.0 Å². The summed E-state index contributed by atoms with van der Waals surface area (Å²) in [5.41, 5.74) is 12.1. The van der Waals surface area contributed by atoms with Gasteiger partial charge in [-0.05, 0) is 79.3 Å². The highest BCUT2D eigenvalue weighted by Crippen LogP contribution is 2.36. The lowest BCUT2D eigenvalue weighted by molar-refractivity contribution is 0.147. The van der Waals surface area contributed by atoms with Crippen LogP contribution in [-0.2, 0) is 6.42 Å². The lowest BCUT2D eigenvalue weighted by atomic mass is 10.0. The van der Waals surface area contributed by atoms with Crippen LogP contribution in [0.1, 0.15) is 36.4 Å². The summed E-state index contributed by atoms with van der Waals surface area (Å²) in [6, 6.07) is 18.7. The van der Waals surface area contributed by atoms with Crippen LogP contribution in [0.3, 0.4) is 0 Å². The number of anilines is 1. The first kappa shape index (κ1) is 27.5. The van der Waals surface area contributed by atoms with Crippen LogP contribution in [0.15, 0.2) is 67.1 Å². The van der Waals surface area contributed by atoms with E-state index in [0.717, 1.165) is 42.5 Å². The van der Waals surface area contributed by atoms with Crippen LogP contribution in [0, 0.1) is 11.3 Å². The number of urea groups is 1. The van der Waals surface area contributed by atoms with Gasteiger partial charge in [-0.25, -0.2) is 24.4 Å². The quantitative estimate of drug-likeness (QED) is 0.285. The largest absolute Gasteiger partial charge is 0.383 e. The predicted octanol–water partition coefficient (Wildman–Crippen LogP) is 3.87. The first-order chi connectivity index (χ1) is 21.5. The fourth-order valence-corrected chi connectivity index (χ4v) is 6.36. The lowest BCUT2D eigenvalue weighted by Crippen LogP contribution is -2.49. The maximum Gasteiger partial charge on any atom is 0.320 e. The maximum absolute atomic E-state index is 12.6. The molecule has 0 saturated carbocycles. The SMILES string of the molecule is CN(CC#N)C(=O)N1CCC(NC2CCc3cc(-n4c(-c5cccnc5N)nc5ccc(-n6cccn6)nc54)ccc32)CC1. The molecular weight excluding hydrogens is 554 g/mol. The first-order valence-electron chi connectivity index (χ1n) is 14.9. The highest BCUT2D eigenvalue weighted by molar-refractivity contribution is 5.83. The molecule has 44 heavy (non-hydrogen) atoms. The van der Waals surface area contributed by atoms with Crippen LogP contribution in [0.4, 0.5) is 10.6 Å². The Morgan fingerprint density at radius 1 is 1.11 bits per heavy atom. The molecule has 1 aliphatic heterocycles. The number of fused-ring (bicyclic) bond motifs is 2. The van der Waals surface area contributed by atoms with Crippen molar-refractivity contribution < 1.29 is 4.79 Å². The van der Waals surface area contributed by atoms with Gasteiger partial charge in [0.05, 0.1) is 11.6 Å². The van der Waals surface area contributed by atoms with Gasteiger partial charge in [-0.1, -0.05) is 6.07 Å². The molecule has 0 radical (unpaired) electrons.